The Morgan fingerprint density at radius 1 is 1.05 bits per heavy atom. The first-order valence-electron chi connectivity index (χ1n) is 7.69. The number of methoxy groups -OCH3 is 2. The summed E-state index contributed by atoms with van der Waals surface area (Å²) >= 11 is 0. The molecule has 0 spiro atoms. The van der Waals surface area contributed by atoms with Crippen molar-refractivity contribution in [1.29, 1.82) is 0 Å². The minimum Gasteiger partial charge on any atom is -0.376 e. The molecule has 2 aliphatic rings. The highest BCUT2D eigenvalue weighted by Crippen LogP contribution is 2.50. The number of benzene rings is 1. The summed E-state index contributed by atoms with van der Waals surface area (Å²) in [4.78, 5) is 0. The normalized spacial score (nSPS) is 30.4. The van der Waals surface area contributed by atoms with Crippen molar-refractivity contribution in [3.8, 4) is 0 Å². The van der Waals surface area contributed by atoms with Crippen LogP contribution in [0, 0.1) is 23.7 Å². The molecule has 4 atom stereocenters. The number of fused-ring (bicyclic) bond motifs is 2. The maximum Gasteiger partial charge on any atom is 0.160 e. The van der Waals surface area contributed by atoms with Crippen LogP contribution in [0.2, 0.25) is 0 Å². The molecule has 3 nitrogen and oxygen atoms in total. The SMILES string of the molecule is COC(OC)[C@@H]1[C@H](COCc2ccccc2)[C@@H]2C=C[C@H]1C2. The molecule has 0 saturated heterocycles. The van der Waals surface area contributed by atoms with Crippen LogP contribution in [-0.2, 0) is 20.8 Å². The Balaban J connectivity index is 1.59. The summed E-state index contributed by atoms with van der Waals surface area (Å²) in [5, 5.41) is 0. The zero-order chi connectivity index (χ0) is 14.7. The van der Waals surface area contributed by atoms with Crippen molar-refractivity contribution in [3.63, 3.8) is 0 Å². The van der Waals surface area contributed by atoms with E-state index in [-0.39, 0.29) is 6.29 Å². The summed E-state index contributed by atoms with van der Waals surface area (Å²) in [6.07, 6.45) is 5.76. The Hall–Kier alpha value is -1.16. The second-order valence-electron chi connectivity index (χ2n) is 6.03. The maximum atomic E-state index is 5.98. The molecule has 0 radical (unpaired) electrons. The first-order chi connectivity index (χ1) is 10.3. The van der Waals surface area contributed by atoms with Crippen molar-refractivity contribution in [3.05, 3.63) is 48.0 Å². The molecule has 21 heavy (non-hydrogen) atoms. The van der Waals surface area contributed by atoms with Gasteiger partial charge in [0.25, 0.3) is 0 Å². The van der Waals surface area contributed by atoms with Crippen LogP contribution in [-0.4, -0.2) is 27.1 Å². The third kappa shape index (κ3) is 3.05. The monoisotopic (exact) mass is 288 g/mol. The van der Waals surface area contributed by atoms with E-state index in [2.05, 4.69) is 24.3 Å². The summed E-state index contributed by atoms with van der Waals surface area (Å²) in [6, 6.07) is 10.3. The van der Waals surface area contributed by atoms with E-state index in [1.54, 1.807) is 14.2 Å². The molecule has 0 unspecified atom stereocenters. The molecule has 1 aromatic rings. The molecule has 0 amide bonds. The van der Waals surface area contributed by atoms with Gasteiger partial charge < -0.3 is 14.2 Å². The van der Waals surface area contributed by atoms with Crippen molar-refractivity contribution < 1.29 is 14.2 Å². The lowest BCUT2D eigenvalue weighted by Crippen LogP contribution is -2.36. The van der Waals surface area contributed by atoms with Crippen LogP contribution in [0.4, 0.5) is 0 Å². The van der Waals surface area contributed by atoms with Gasteiger partial charge in [0.05, 0.1) is 13.2 Å². The molecule has 3 heteroatoms. The Kier molecular flexibility index (Phi) is 4.73. The topological polar surface area (TPSA) is 27.7 Å². The number of hydrogen-bond donors (Lipinski definition) is 0. The first kappa shape index (κ1) is 14.8. The molecule has 2 aliphatic carbocycles. The molecule has 1 saturated carbocycles. The van der Waals surface area contributed by atoms with Crippen LogP contribution in [0.1, 0.15) is 12.0 Å². The summed E-state index contributed by atoms with van der Waals surface area (Å²) in [5.41, 5.74) is 1.22. The van der Waals surface area contributed by atoms with Gasteiger partial charge in [0, 0.05) is 20.1 Å². The minimum absolute atomic E-state index is 0.129. The van der Waals surface area contributed by atoms with Gasteiger partial charge >= 0.3 is 0 Å². The zero-order valence-electron chi connectivity index (χ0n) is 12.8. The first-order valence-corrected chi connectivity index (χ1v) is 7.69. The van der Waals surface area contributed by atoms with E-state index in [1.807, 2.05) is 18.2 Å². The van der Waals surface area contributed by atoms with Gasteiger partial charge in [0.1, 0.15) is 0 Å². The summed E-state index contributed by atoms with van der Waals surface area (Å²) in [7, 11) is 3.46. The molecule has 2 bridgehead atoms. The van der Waals surface area contributed by atoms with Crippen molar-refractivity contribution >= 4 is 0 Å². The third-order valence-electron chi connectivity index (χ3n) is 4.89. The van der Waals surface area contributed by atoms with E-state index in [0.29, 0.717) is 30.3 Å². The van der Waals surface area contributed by atoms with Crippen molar-refractivity contribution in [2.45, 2.75) is 19.3 Å². The quantitative estimate of drug-likeness (QED) is 0.569. The van der Waals surface area contributed by atoms with Crippen LogP contribution < -0.4 is 0 Å². The predicted octanol–water partition coefficient (Wildman–Crippen LogP) is 3.26. The molecular weight excluding hydrogens is 264 g/mol. The fourth-order valence-electron chi connectivity index (χ4n) is 3.90. The van der Waals surface area contributed by atoms with E-state index in [4.69, 9.17) is 14.2 Å². The van der Waals surface area contributed by atoms with E-state index in [9.17, 15) is 0 Å². The van der Waals surface area contributed by atoms with Crippen molar-refractivity contribution in [2.75, 3.05) is 20.8 Å². The van der Waals surface area contributed by atoms with Gasteiger partial charge in [-0.25, -0.2) is 0 Å². The molecule has 1 aromatic carbocycles. The lowest BCUT2D eigenvalue weighted by Gasteiger charge is -2.32. The van der Waals surface area contributed by atoms with Crippen LogP contribution in [0.15, 0.2) is 42.5 Å². The smallest absolute Gasteiger partial charge is 0.160 e. The highest BCUT2D eigenvalue weighted by Gasteiger charge is 2.48. The molecular formula is C18H24O3. The Bertz CT molecular complexity index is 467. The highest BCUT2D eigenvalue weighted by molar-refractivity contribution is 5.15. The Labute approximate surface area is 126 Å². The lowest BCUT2D eigenvalue weighted by atomic mass is 9.83. The Morgan fingerprint density at radius 3 is 2.48 bits per heavy atom. The van der Waals surface area contributed by atoms with Gasteiger partial charge in [-0.2, -0.15) is 0 Å². The van der Waals surface area contributed by atoms with Gasteiger partial charge in [-0.05, 0) is 29.7 Å². The van der Waals surface area contributed by atoms with Gasteiger partial charge in [-0.1, -0.05) is 42.5 Å². The maximum absolute atomic E-state index is 5.98. The standard InChI is InChI=1S/C18H24O3/c1-19-18(20-2)17-15-9-8-14(10-15)16(17)12-21-11-13-6-4-3-5-7-13/h3-9,14-18H,10-12H2,1-2H3/t14-,15+,16-,17+/m1/s1. The number of allylic oxidation sites excluding steroid dienone is 2. The molecule has 0 N–H and O–H groups in total. The molecule has 0 aliphatic heterocycles. The van der Waals surface area contributed by atoms with Crippen molar-refractivity contribution in [2.24, 2.45) is 23.7 Å². The molecule has 0 heterocycles. The highest BCUT2D eigenvalue weighted by atomic mass is 16.7. The summed E-state index contributed by atoms with van der Waals surface area (Å²) in [5.74, 6) is 2.09. The molecule has 1 fully saturated rings. The van der Waals surface area contributed by atoms with Gasteiger partial charge in [-0.3, -0.25) is 0 Å². The molecule has 114 valence electrons. The molecule has 0 aromatic heterocycles. The van der Waals surface area contributed by atoms with Crippen LogP contribution >= 0.6 is 0 Å². The summed E-state index contributed by atoms with van der Waals surface area (Å²) < 4.78 is 17.0. The van der Waals surface area contributed by atoms with Crippen molar-refractivity contribution in [1.82, 2.24) is 0 Å². The number of ether oxygens (including phenoxy) is 3. The van der Waals surface area contributed by atoms with Crippen LogP contribution in [0.25, 0.3) is 0 Å². The van der Waals surface area contributed by atoms with Crippen LogP contribution in [0.5, 0.6) is 0 Å². The zero-order valence-corrected chi connectivity index (χ0v) is 12.8. The van der Waals surface area contributed by atoms with E-state index >= 15 is 0 Å². The number of hydrogen-bond acceptors (Lipinski definition) is 3. The minimum atomic E-state index is -0.129. The average Bonchev–Trinajstić information content (AvgIpc) is 3.12. The van der Waals surface area contributed by atoms with Crippen LogP contribution in [0.3, 0.4) is 0 Å². The van der Waals surface area contributed by atoms with E-state index in [0.717, 1.165) is 6.61 Å². The fourth-order valence-corrected chi connectivity index (χ4v) is 3.90. The fraction of sp³-hybridized carbons (Fsp3) is 0.556. The average molecular weight is 288 g/mol. The van der Waals surface area contributed by atoms with E-state index < -0.39 is 0 Å². The largest absolute Gasteiger partial charge is 0.376 e. The third-order valence-corrected chi connectivity index (χ3v) is 4.89. The van der Waals surface area contributed by atoms with E-state index in [1.165, 1.54) is 12.0 Å². The second kappa shape index (κ2) is 6.73. The van der Waals surface area contributed by atoms with Gasteiger partial charge in [-0.15, -0.1) is 0 Å². The van der Waals surface area contributed by atoms with Gasteiger partial charge in [0.15, 0.2) is 6.29 Å². The summed E-state index contributed by atoms with van der Waals surface area (Å²) in [6.45, 7) is 1.45. The van der Waals surface area contributed by atoms with Gasteiger partial charge in [0.2, 0.25) is 0 Å². The lowest BCUT2D eigenvalue weighted by molar-refractivity contribution is -0.158. The Morgan fingerprint density at radius 2 is 1.76 bits per heavy atom. The second-order valence-corrected chi connectivity index (χ2v) is 6.03. The molecule has 3 rings (SSSR count). The predicted molar refractivity (Wildman–Crippen MR) is 81.6 cm³/mol. The number of rotatable bonds is 7.